The quantitative estimate of drug-likeness (QED) is 0.818. The number of ether oxygens (including phenoxy) is 2. The molecule has 0 spiro atoms. The van der Waals surface area contributed by atoms with Crippen LogP contribution in [0.4, 0.5) is 5.82 Å². The second-order valence-corrected chi connectivity index (χ2v) is 6.40. The van der Waals surface area contributed by atoms with Crippen LogP contribution in [0.15, 0.2) is 36.4 Å². The Labute approximate surface area is 153 Å². The molecule has 138 valence electrons. The van der Waals surface area contributed by atoms with Crippen LogP contribution in [0.3, 0.4) is 0 Å². The van der Waals surface area contributed by atoms with Crippen molar-refractivity contribution in [2.75, 3.05) is 38.2 Å². The van der Waals surface area contributed by atoms with E-state index in [1.54, 1.807) is 13.2 Å². The van der Waals surface area contributed by atoms with Gasteiger partial charge in [0.05, 0.1) is 13.2 Å². The topological polar surface area (TPSA) is 67.8 Å². The zero-order chi connectivity index (χ0) is 18.5. The number of rotatable bonds is 5. The molecule has 1 saturated heterocycles. The summed E-state index contributed by atoms with van der Waals surface area (Å²) in [4.78, 5) is 16.7. The van der Waals surface area contributed by atoms with E-state index in [-0.39, 0.29) is 12.0 Å². The van der Waals surface area contributed by atoms with Crippen LogP contribution in [0.1, 0.15) is 24.2 Å². The fourth-order valence-corrected chi connectivity index (χ4v) is 2.86. The van der Waals surface area contributed by atoms with E-state index in [4.69, 9.17) is 9.47 Å². The van der Waals surface area contributed by atoms with Gasteiger partial charge in [-0.3, -0.25) is 4.79 Å². The smallest absolute Gasteiger partial charge is 0.253 e. The van der Waals surface area contributed by atoms with Crippen molar-refractivity contribution >= 4 is 11.7 Å². The lowest BCUT2D eigenvalue weighted by molar-refractivity contribution is 0.0746. The Kier molecular flexibility index (Phi) is 5.55. The van der Waals surface area contributed by atoms with Crippen LogP contribution in [0.2, 0.25) is 0 Å². The first-order chi connectivity index (χ1) is 12.6. The predicted octanol–water partition coefficient (Wildman–Crippen LogP) is 2.23. The fourth-order valence-electron chi connectivity index (χ4n) is 2.86. The van der Waals surface area contributed by atoms with E-state index in [1.807, 2.05) is 49.1 Å². The van der Waals surface area contributed by atoms with E-state index >= 15 is 0 Å². The number of nitrogens with zero attached hydrogens (tertiary/aromatic N) is 4. The Morgan fingerprint density at radius 3 is 2.23 bits per heavy atom. The first-order valence-corrected chi connectivity index (χ1v) is 8.75. The second-order valence-electron chi connectivity index (χ2n) is 6.40. The minimum Gasteiger partial charge on any atom is -0.491 e. The van der Waals surface area contributed by atoms with Gasteiger partial charge in [0.25, 0.3) is 5.91 Å². The Balaban J connectivity index is 1.57. The highest BCUT2D eigenvalue weighted by Crippen LogP contribution is 2.18. The molecule has 1 aromatic heterocycles. The molecule has 1 amide bonds. The molecule has 26 heavy (non-hydrogen) atoms. The summed E-state index contributed by atoms with van der Waals surface area (Å²) in [5.41, 5.74) is 0.679. The van der Waals surface area contributed by atoms with Crippen LogP contribution in [-0.2, 0) is 0 Å². The lowest BCUT2D eigenvalue weighted by Gasteiger charge is -2.35. The molecule has 0 saturated carbocycles. The summed E-state index contributed by atoms with van der Waals surface area (Å²) in [6, 6.07) is 11.0. The molecule has 1 fully saturated rings. The third-order valence-electron chi connectivity index (χ3n) is 4.20. The van der Waals surface area contributed by atoms with Crippen molar-refractivity contribution in [3.8, 4) is 11.6 Å². The molecule has 1 aliphatic heterocycles. The monoisotopic (exact) mass is 356 g/mol. The molecule has 2 heterocycles. The normalized spacial score (nSPS) is 14.5. The number of benzene rings is 1. The van der Waals surface area contributed by atoms with Gasteiger partial charge in [-0.15, -0.1) is 10.2 Å². The third kappa shape index (κ3) is 4.22. The molecule has 0 aliphatic carbocycles. The molecule has 1 aromatic carbocycles. The number of piperazine rings is 1. The van der Waals surface area contributed by atoms with Crippen molar-refractivity contribution < 1.29 is 14.3 Å². The Morgan fingerprint density at radius 2 is 1.69 bits per heavy atom. The van der Waals surface area contributed by atoms with E-state index in [0.717, 1.165) is 24.7 Å². The molecule has 3 rings (SSSR count). The van der Waals surface area contributed by atoms with E-state index in [9.17, 15) is 4.79 Å². The largest absolute Gasteiger partial charge is 0.491 e. The first-order valence-electron chi connectivity index (χ1n) is 8.75. The molecule has 0 bridgehead atoms. The van der Waals surface area contributed by atoms with Gasteiger partial charge >= 0.3 is 0 Å². The number of aromatic nitrogens is 2. The second kappa shape index (κ2) is 8.03. The standard InChI is InChI=1S/C19H24N4O3/c1-14(2)26-16-6-4-15(5-7-16)19(24)23-12-10-22(11-13-23)17-8-9-18(25-3)21-20-17/h4-9,14H,10-13H2,1-3H3. The van der Waals surface area contributed by atoms with Gasteiger partial charge in [0.2, 0.25) is 5.88 Å². The van der Waals surface area contributed by atoms with Gasteiger partial charge in [-0.2, -0.15) is 0 Å². The maximum atomic E-state index is 12.7. The minimum absolute atomic E-state index is 0.0431. The summed E-state index contributed by atoms with van der Waals surface area (Å²) in [6.07, 6.45) is 0.116. The molecule has 7 heteroatoms. The van der Waals surface area contributed by atoms with Crippen molar-refractivity contribution in [2.24, 2.45) is 0 Å². The summed E-state index contributed by atoms with van der Waals surface area (Å²) < 4.78 is 10.7. The Morgan fingerprint density at radius 1 is 1.00 bits per heavy atom. The van der Waals surface area contributed by atoms with Gasteiger partial charge < -0.3 is 19.3 Å². The summed E-state index contributed by atoms with van der Waals surface area (Å²) in [6.45, 7) is 6.70. The first kappa shape index (κ1) is 18.0. The van der Waals surface area contributed by atoms with Gasteiger partial charge in [0.1, 0.15) is 5.75 Å². The average molecular weight is 356 g/mol. The highest BCUT2D eigenvalue weighted by atomic mass is 16.5. The van der Waals surface area contributed by atoms with E-state index in [2.05, 4.69) is 15.1 Å². The zero-order valence-electron chi connectivity index (χ0n) is 15.4. The lowest BCUT2D eigenvalue weighted by Crippen LogP contribution is -2.49. The SMILES string of the molecule is COc1ccc(N2CCN(C(=O)c3ccc(OC(C)C)cc3)CC2)nn1. The van der Waals surface area contributed by atoms with Crippen molar-refractivity contribution in [1.82, 2.24) is 15.1 Å². The maximum absolute atomic E-state index is 12.7. The molecular weight excluding hydrogens is 332 g/mol. The van der Waals surface area contributed by atoms with Gasteiger partial charge in [-0.25, -0.2) is 0 Å². The van der Waals surface area contributed by atoms with Gasteiger partial charge in [0.15, 0.2) is 5.82 Å². The summed E-state index contributed by atoms with van der Waals surface area (Å²) in [7, 11) is 1.57. The number of carbonyl (C=O) groups excluding carboxylic acids is 1. The number of carbonyl (C=O) groups is 1. The molecule has 0 radical (unpaired) electrons. The van der Waals surface area contributed by atoms with E-state index in [0.29, 0.717) is 24.5 Å². The number of amides is 1. The zero-order valence-corrected chi connectivity index (χ0v) is 15.4. The van der Waals surface area contributed by atoms with Crippen LogP contribution in [0, 0.1) is 0 Å². The summed E-state index contributed by atoms with van der Waals surface area (Å²) in [5, 5.41) is 8.16. The number of methoxy groups -OCH3 is 1. The fraction of sp³-hybridized carbons (Fsp3) is 0.421. The van der Waals surface area contributed by atoms with Crippen LogP contribution in [-0.4, -0.2) is 60.4 Å². The van der Waals surface area contributed by atoms with E-state index in [1.165, 1.54) is 0 Å². The summed E-state index contributed by atoms with van der Waals surface area (Å²) >= 11 is 0. The van der Waals surface area contributed by atoms with Crippen LogP contribution < -0.4 is 14.4 Å². The molecule has 0 unspecified atom stereocenters. The van der Waals surface area contributed by atoms with Crippen molar-refractivity contribution in [3.05, 3.63) is 42.0 Å². The average Bonchev–Trinajstić information content (AvgIpc) is 2.68. The molecule has 0 N–H and O–H groups in total. The van der Waals surface area contributed by atoms with Crippen LogP contribution in [0.5, 0.6) is 11.6 Å². The highest BCUT2D eigenvalue weighted by Gasteiger charge is 2.23. The number of hydrogen-bond donors (Lipinski definition) is 0. The van der Waals surface area contributed by atoms with Crippen molar-refractivity contribution in [1.29, 1.82) is 0 Å². The van der Waals surface area contributed by atoms with Gasteiger partial charge in [-0.05, 0) is 44.2 Å². The third-order valence-corrected chi connectivity index (χ3v) is 4.20. The van der Waals surface area contributed by atoms with Gasteiger partial charge in [-0.1, -0.05) is 0 Å². The summed E-state index contributed by atoms with van der Waals surface area (Å²) in [5.74, 6) is 2.11. The lowest BCUT2D eigenvalue weighted by atomic mass is 10.1. The van der Waals surface area contributed by atoms with Crippen LogP contribution >= 0.6 is 0 Å². The molecule has 1 aliphatic rings. The van der Waals surface area contributed by atoms with Crippen molar-refractivity contribution in [3.63, 3.8) is 0 Å². The van der Waals surface area contributed by atoms with E-state index < -0.39 is 0 Å². The molecule has 2 aromatic rings. The molecular formula is C19H24N4O3. The van der Waals surface area contributed by atoms with Crippen LogP contribution in [0.25, 0.3) is 0 Å². The van der Waals surface area contributed by atoms with Gasteiger partial charge in [0, 0.05) is 37.8 Å². The number of hydrogen-bond acceptors (Lipinski definition) is 6. The number of anilines is 1. The minimum atomic E-state index is 0.0431. The maximum Gasteiger partial charge on any atom is 0.253 e. The van der Waals surface area contributed by atoms with Crippen molar-refractivity contribution in [2.45, 2.75) is 20.0 Å². The molecule has 0 atom stereocenters. The Hall–Kier alpha value is -2.83. The Bertz CT molecular complexity index is 723. The predicted molar refractivity (Wildman–Crippen MR) is 98.9 cm³/mol. The molecule has 7 nitrogen and oxygen atoms in total. The highest BCUT2D eigenvalue weighted by molar-refractivity contribution is 5.94.